The maximum atomic E-state index is 6.31. The second-order valence-corrected chi connectivity index (χ2v) is 10.7. The van der Waals surface area contributed by atoms with E-state index in [0.717, 1.165) is 60.3 Å². The summed E-state index contributed by atoms with van der Waals surface area (Å²) in [6.45, 7) is 0. The van der Waals surface area contributed by atoms with Crippen molar-refractivity contribution in [3.63, 3.8) is 0 Å². The molecule has 43 heavy (non-hydrogen) atoms. The van der Waals surface area contributed by atoms with Crippen molar-refractivity contribution in [1.82, 2.24) is 19.9 Å². The molecule has 3 aromatic heterocycles. The molecule has 0 aliphatic rings. The van der Waals surface area contributed by atoms with Gasteiger partial charge in [0.15, 0.2) is 23.1 Å². The van der Waals surface area contributed by atoms with Crippen molar-refractivity contribution >= 4 is 54.4 Å². The van der Waals surface area contributed by atoms with Crippen molar-refractivity contribution in [2.24, 2.45) is 0 Å². The Kier molecular flexibility index (Phi) is 5.13. The van der Waals surface area contributed by atoms with E-state index in [1.807, 2.05) is 18.2 Å². The first-order valence-electron chi connectivity index (χ1n) is 14.2. The average molecular weight is 551 g/mol. The van der Waals surface area contributed by atoms with Crippen molar-refractivity contribution in [3.05, 3.63) is 134 Å². The van der Waals surface area contributed by atoms with Crippen LogP contribution in [0.1, 0.15) is 0 Å². The largest absolute Gasteiger partial charge is 0.454 e. The molecule has 0 spiro atoms. The van der Waals surface area contributed by atoms with Crippen molar-refractivity contribution in [2.75, 3.05) is 0 Å². The van der Waals surface area contributed by atoms with E-state index in [0.29, 0.717) is 17.5 Å². The Hall–Kier alpha value is -5.94. The number of hydrogen-bond acceptors (Lipinski definition) is 5. The van der Waals surface area contributed by atoms with Crippen LogP contribution in [0.4, 0.5) is 0 Å². The third kappa shape index (κ3) is 3.86. The molecule has 0 saturated carbocycles. The third-order valence-electron chi connectivity index (χ3n) is 8.14. The van der Waals surface area contributed by atoms with Gasteiger partial charge in [-0.1, -0.05) is 97.1 Å². The first kappa shape index (κ1) is 23.7. The molecule has 0 aliphatic carbocycles. The van der Waals surface area contributed by atoms with Gasteiger partial charge in [0.1, 0.15) is 11.1 Å². The van der Waals surface area contributed by atoms with Crippen LogP contribution in [-0.2, 0) is 0 Å². The van der Waals surface area contributed by atoms with E-state index >= 15 is 0 Å². The van der Waals surface area contributed by atoms with Gasteiger partial charge in [-0.15, -0.1) is 0 Å². The fourth-order valence-corrected chi connectivity index (χ4v) is 6.02. The molecule has 0 saturated heterocycles. The highest BCUT2D eigenvalue weighted by Gasteiger charge is 2.17. The molecule has 3 heterocycles. The first-order valence-corrected chi connectivity index (χ1v) is 14.2. The lowest BCUT2D eigenvalue weighted by atomic mass is 10.0. The molecular formula is C38H22N4O. The molecule has 9 rings (SSSR count). The highest BCUT2D eigenvalue weighted by molar-refractivity contribution is 6.16. The summed E-state index contributed by atoms with van der Waals surface area (Å²) in [6, 6.07) is 43.6. The number of benzene rings is 6. The number of furan rings is 1. The van der Waals surface area contributed by atoms with E-state index in [1.54, 1.807) is 6.20 Å². The number of rotatable bonds is 3. The number of nitrogens with zero attached hydrogens (tertiary/aromatic N) is 4. The van der Waals surface area contributed by atoms with E-state index < -0.39 is 0 Å². The molecular weight excluding hydrogens is 528 g/mol. The number of hydrogen-bond donors (Lipinski definition) is 0. The zero-order valence-corrected chi connectivity index (χ0v) is 22.9. The Morgan fingerprint density at radius 3 is 1.77 bits per heavy atom. The summed E-state index contributed by atoms with van der Waals surface area (Å²) < 4.78 is 6.31. The van der Waals surface area contributed by atoms with Crippen molar-refractivity contribution in [3.8, 4) is 34.2 Å². The number of aromatic nitrogens is 4. The van der Waals surface area contributed by atoms with E-state index in [4.69, 9.17) is 19.4 Å². The molecule has 0 N–H and O–H groups in total. The second-order valence-electron chi connectivity index (χ2n) is 10.7. The number of pyridine rings is 1. The average Bonchev–Trinajstić information content (AvgIpc) is 3.47. The standard InChI is InChI=1S/C38H22N4O/c1-3-9-25-21-27(16-14-23(25)7-1)36-40-37(28-17-15-24-8-2-4-10-26(24)22-28)42-38(41-36)31-12-5-11-30-29(31)18-19-32-34-33(43-35(30)32)13-6-20-39-34/h1-22H. The topological polar surface area (TPSA) is 64.7 Å². The Morgan fingerprint density at radius 2 is 1.07 bits per heavy atom. The van der Waals surface area contributed by atoms with Crippen LogP contribution >= 0.6 is 0 Å². The summed E-state index contributed by atoms with van der Waals surface area (Å²) in [5, 5.41) is 7.62. The zero-order valence-electron chi connectivity index (χ0n) is 22.9. The summed E-state index contributed by atoms with van der Waals surface area (Å²) in [5.41, 5.74) is 5.24. The monoisotopic (exact) mass is 550 g/mol. The van der Waals surface area contributed by atoms with Gasteiger partial charge < -0.3 is 4.42 Å². The van der Waals surface area contributed by atoms with Gasteiger partial charge in [0, 0.05) is 33.7 Å². The molecule has 0 fully saturated rings. The Labute approximate surface area is 246 Å². The minimum absolute atomic E-state index is 0.612. The van der Waals surface area contributed by atoms with Crippen LogP contribution in [-0.4, -0.2) is 19.9 Å². The van der Waals surface area contributed by atoms with Gasteiger partial charge in [-0.25, -0.2) is 15.0 Å². The molecule has 0 atom stereocenters. The Bertz CT molecular complexity index is 2430. The fraction of sp³-hybridized carbons (Fsp3) is 0. The molecule has 0 unspecified atom stereocenters. The van der Waals surface area contributed by atoms with E-state index in [9.17, 15) is 0 Å². The van der Waals surface area contributed by atoms with E-state index in [-0.39, 0.29) is 0 Å². The zero-order chi connectivity index (χ0) is 28.3. The molecule has 0 bridgehead atoms. The van der Waals surface area contributed by atoms with Crippen LogP contribution in [0.2, 0.25) is 0 Å². The minimum atomic E-state index is 0.612. The van der Waals surface area contributed by atoms with Crippen molar-refractivity contribution < 1.29 is 4.42 Å². The Balaban J connectivity index is 1.30. The van der Waals surface area contributed by atoms with Crippen molar-refractivity contribution in [1.29, 1.82) is 0 Å². The first-order chi connectivity index (χ1) is 21.3. The molecule has 5 nitrogen and oxygen atoms in total. The van der Waals surface area contributed by atoms with Gasteiger partial charge in [-0.3, -0.25) is 4.98 Å². The summed E-state index contributed by atoms with van der Waals surface area (Å²) >= 11 is 0. The predicted octanol–water partition coefficient (Wildman–Crippen LogP) is 9.63. The smallest absolute Gasteiger partial charge is 0.164 e. The molecule has 0 aliphatic heterocycles. The molecule has 9 aromatic rings. The molecule has 0 radical (unpaired) electrons. The van der Waals surface area contributed by atoms with Gasteiger partial charge >= 0.3 is 0 Å². The van der Waals surface area contributed by atoms with Gasteiger partial charge in [0.25, 0.3) is 0 Å². The van der Waals surface area contributed by atoms with Crippen LogP contribution < -0.4 is 0 Å². The number of fused-ring (bicyclic) bond motifs is 7. The SMILES string of the molecule is c1ccc2cc(-c3nc(-c4ccc5ccccc5c4)nc(-c4cccc5c4ccc4c6ncccc6oc54)n3)ccc2c1. The van der Waals surface area contributed by atoms with Gasteiger partial charge in [-0.05, 0) is 57.3 Å². The summed E-state index contributed by atoms with van der Waals surface area (Å²) in [4.78, 5) is 19.7. The lowest BCUT2D eigenvalue weighted by molar-refractivity contribution is 0.672. The van der Waals surface area contributed by atoms with Crippen LogP contribution in [0.25, 0.3) is 88.5 Å². The highest BCUT2D eigenvalue weighted by Crippen LogP contribution is 2.37. The maximum Gasteiger partial charge on any atom is 0.164 e. The lowest BCUT2D eigenvalue weighted by Crippen LogP contribution is -2.00. The summed E-state index contributed by atoms with van der Waals surface area (Å²) in [7, 11) is 0. The van der Waals surface area contributed by atoms with E-state index in [2.05, 4.69) is 114 Å². The van der Waals surface area contributed by atoms with Gasteiger partial charge in [-0.2, -0.15) is 0 Å². The van der Waals surface area contributed by atoms with Crippen LogP contribution in [0.15, 0.2) is 138 Å². The lowest BCUT2D eigenvalue weighted by Gasteiger charge is -2.11. The highest BCUT2D eigenvalue weighted by atomic mass is 16.3. The maximum absolute atomic E-state index is 6.31. The molecule has 5 heteroatoms. The summed E-state index contributed by atoms with van der Waals surface area (Å²) in [6.07, 6.45) is 1.80. The normalized spacial score (nSPS) is 11.7. The van der Waals surface area contributed by atoms with Gasteiger partial charge in [0.2, 0.25) is 0 Å². The predicted molar refractivity (Wildman–Crippen MR) is 174 cm³/mol. The van der Waals surface area contributed by atoms with E-state index in [1.165, 1.54) is 10.8 Å². The second kappa shape index (κ2) is 9.29. The molecule has 200 valence electrons. The minimum Gasteiger partial charge on any atom is -0.454 e. The van der Waals surface area contributed by atoms with Crippen LogP contribution in [0.5, 0.6) is 0 Å². The molecule has 0 amide bonds. The summed E-state index contributed by atoms with van der Waals surface area (Å²) in [5.74, 6) is 1.87. The van der Waals surface area contributed by atoms with Crippen LogP contribution in [0, 0.1) is 0 Å². The van der Waals surface area contributed by atoms with Crippen molar-refractivity contribution in [2.45, 2.75) is 0 Å². The quantitative estimate of drug-likeness (QED) is 0.219. The van der Waals surface area contributed by atoms with Gasteiger partial charge in [0.05, 0.1) is 0 Å². The fourth-order valence-electron chi connectivity index (χ4n) is 6.02. The third-order valence-corrected chi connectivity index (χ3v) is 8.14. The molecule has 6 aromatic carbocycles. The van der Waals surface area contributed by atoms with Crippen LogP contribution in [0.3, 0.4) is 0 Å². The Morgan fingerprint density at radius 1 is 0.442 bits per heavy atom.